The van der Waals surface area contributed by atoms with Gasteiger partial charge in [-0.25, -0.2) is 0 Å². The van der Waals surface area contributed by atoms with Crippen molar-refractivity contribution in [3.8, 4) is 0 Å². The molecule has 0 saturated carbocycles. The molecule has 0 spiro atoms. The molecule has 1 rings (SSSR count). The van der Waals surface area contributed by atoms with Gasteiger partial charge in [-0.3, -0.25) is 0 Å². The van der Waals surface area contributed by atoms with E-state index in [-0.39, 0.29) is 0 Å². The number of alkyl halides is 3. The molecule has 0 amide bonds. The number of aliphatic hydroxyl groups excluding tert-OH is 1. The van der Waals surface area contributed by atoms with Crippen LogP contribution in [0.15, 0.2) is 28.7 Å². The van der Waals surface area contributed by atoms with Crippen LogP contribution in [0.2, 0.25) is 0 Å². The van der Waals surface area contributed by atoms with Gasteiger partial charge in [0.15, 0.2) is 0 Å². The van der Waals surface area contributed by atoms with Gasteiger partial charge in [-0.2, -0.15) is 0 Å². The van der Waals surface area contributed by atoms with Crippen molar-refractivity contribution in [1.82, 2.24) is 0 Å². The average Bonchev–Trinajstić information content (AvgIpc) is 2.03. The van der Waals surface area contributed by atoms with Gasteiger partial charge in [0.05, 0.1) is 0 Å². The van der Waals surface area contributed by atoms with Gasteiger partial charge >= 0.3 is 0 Å². The first kappa shape index (κ1) is 11.6. The number of hydrogen-bond donors (Lipinski definition) is 1. The van der Waals surface area contributed by atoms with Crippen LogP contribution in [0.25, 0.3) is 0 Å². The summed E-state index contributed by atoms with van der Waals surface area (Å²) in [5, 5.41) is 9.54. The summed E-state index contributed by atoms with van der Waals surface area (Å²) in [4.78, 5) is 0. The van der Waals surface area contributed by atoms with Gasteiger partial charge < -0.3 is 5.11 Å². The molecule has 0 fully saturated rings. The lowest BCUT2D eigenvalue weighted by Gasteiger charge is -2.18. The highest BCUT2D eigenvalue weighted by Crippen LogP contribution is 2.39. The summed E-state index contributed by atoms with van der Waals surface area (Å²) in [6.07, 6.45) is -1.11. The van der Waals surface area contributed by atoms with E-state index in [1.165, 1.54) is 0 Å². The summed E-state index contributed by atoms with van der Waals surface area (Å²) in [6, 6.07) is 6.93. The van der Waals surface area contributed by atoms with Gasteiger partial charge in [-0.15, -0.1) is 0 Å². The lowest BCUT2D eigenvalue weighted by Crippen LogP contribution is -2.16. The Bertz CT molecular complexity index is 280. The third-order valence-electron chi connectivity index (χ3n) is 1.50. The quantitative estimate of drug-likeness (QED) is 0.781. The molecule has 13 heavy (non-hydrogen) atoms. The van der Waals surface area contributed by atoms with E-state index in [9.17, 15) is 5.11 Å². The zero-order valence-corrected chi connectivity index (χ0v) is 10.2. The van der Waals surface area contributed by atoms with E-state index in [4.69, 9.17) is 34.8 Å². The molecule has 1 N–H and O–H groups in total. The number of halogens is 4. The fourth-order valence-electron chi connectivity index (χ4n) is 0.834. The van der Waals surface area contributed by atoms with Crippen LogP contribution < -0.4 is 0 Å². The molecule has 0 bridgehead atoms. The van der Waals surface area contributed by atoms with E-state index in [0.29, 0.717) is 5.56 Å². The SMILES string of the molecule is O[C@@H](c1ccc(Br)cc1)C(Cl)(Cl)Cl. The molecule has 5 heteroatoms. The Morgan fingerprint density at radius 2 is 1.62 bits per heavy atom. The Kier molecular flexibility index (Phi) is 3.90. The second kappa shape index (κ2) is 4.37. The predicted molar refractivity (Wildman–Crippen MR) is 59.4 cm³/mol. The largest absolute Gasteiger partial charge is 0.384 e. The normalized spacial score (nSPS) is 14.2. The van der Waals surface area contributed by atoms with Crippen LogP contribution in [0.3, 0.4) is 0 Å². The Hall–Kier alpha value is 0.530. The van der Waals surface area contributed by atoms with E-state index in [2.05, 4.69) is 15.9 Å². The molecular formula is C8H6BrCl3O. The lowest BCUT2D eigenvalue weighted by atomic mass is 10.1. The van der Waals surface area contributed by atoms with Crippen molar-refractivity contribution < 1.29 is 5.11 Å². The Balaban J connectivity index is 2.90. The number of hydrogen-bond acceptors (Lipinski definition) is 1. The van der Waals surface area contributed by atoms with Crippen LogP contribution >= 0.6 is 50.7 Å². The van der Waals surface area contributed by atoms with Gasteiger partial charge in [-0.05, 0) is 17.7 Å². The monoisotopic (exact) mass is 302 g/mol. The van der Waals surface area contributed by atoms with Crippen LogP contribution in [-0.4, -0.2) is 8.90 Å². The smallest absolute Gasteiger partial charge is 0.220 e. The fraction of sp³-hybridized carbons (Fsp3) is 0.250. The molecule has 1 nitrogen and oxygen atoms in total. The Labute approximate surface area is 99.7 Å². The minimum atomic E-state index is -1.69. The molecule has 0 aliphatic carbocycles. The Morgan fingerprint density at radius 1 is 1.15 bits per heavy atom. The molecule has 0 aliphatic heterocycles. The van der Waals surface area contributed by atoms with Crippen molar-refractivity contribution in [3.63, 3.8) is 0 Å². The second-order valence-electron chi connectivity index (χ2n) is 2.50. The third kappa shape index (κ3) is 3.30. The number of benzene rings is 1. The fourth-order valence-corrected chi connectivity index (χ4v) is 1.48. The van der Waals surface area contributed by atoms with Crippen molar-refractivity contribution in [3.05, 3.63) is 34.3 Å². The van der Waals surface area contributed by atoms with Crippen LogP contribution in [0.5, 0.6) is 0 Å². The maximum Gasteiger partial charge on any atom is 0.220 e. The summed E-state index contributed by atoms with van der Waals surface area (Å²) >= 11 is 19.8. The molecule has 0 aromatic heterocycles. The number of aliphatic hydroxyl groups is 1. The summed E-state index contributed by atoms with van der Waals surface area (Å²) in [6.45, 7) is 0. The van der Waals surface area contributed by atoms with Crippen LogP contribution in [0, 0.1) is 0 Å². The minimum absolute atomic E-state index is 0.572. The molecule has 0 aliphatic rings. The van der Waals surface area contributed by atoms with Gasteiger partial charge in [-0.1, -0.05) is 62.9 Å². The van der Waals surface area contributed by atoms with Gasteiger partial charge in [0, 0.05) is 4.47 Å². The molecule has 0 radical (unpaired) electrons. The summed E-state index contributed by atoms with van der Waals surface area (Å²) in [7, 11) is 0. The van der Waals surface area contributed by atoms with E-state index in [1.807, 2.05) is 0 Å². The third-order valence-corrected chi connectivity index (χ3v) is 2.64. The number of rotatable bonds is 1. The standard InChI is InChI=1S/C8H6BrCl3O/c9-6-3-1-5(2-4-6)7(13)8(10,11)12/h1-4,7,13H/t7-/m0/s1. The van der Waals surface area contributed by atoms with Crippen molar-refractivity contribution in [2.24, 2.45) is 0 Å². The van der Waals surface area contributed by atoms with E-state index in [0.717, 1.165) is 4.47 Å². The molecule has 0 saturated heterocycles. The maximum absolute atomic E-state index is 9.54. The van der Waals surface area contributed by atoms with Gasteiger partial charge in [0.2, 0.25) is 3.79 Å². The molecule has 72 valence electrons. The van der Waals surface area contributed by atoms with Crippen molar-refractivity contribution in [1.29, 1.82) is 0 Å². The van der Waals surface area contributed by atoms with E-state index < -0.39 is 9.90 Å². The summed E-state index contributed by atoms with van der Waals surface area (Å²) in [5.41, 5.74) is 0.572. The maximum atomic E-state index is 9.54. The molecular weight excluding hydrogens is 298 g/mol. The Morgan fingerprint density at radius 3 is 2.00 bits per heavy atom. The van der Waals surface area contributed by atoms with Crippen molar-refractivity contribution in [2.75, 3.05) is 0 Å². The van der Waals surface area contributed by atoms with Gasteiger partial charge in [0.25, 0.3) is 0 Å². The van der Waals surface area contributed by atoms with E-state index >= 15 is 0 Å². The van der Waals surface area contributed by atoms with E-state index in [1.54, 1.807) is 24.3 Å². The highest BCUT2D eigenvalue weighted by Gasteiger charge is 2.31. The average molecular weight is 304 g/mol. The summed E-state index contributed by atoms with van der Waals surface area (Å²) < 4.78 is -0.777. The predicted octanol–water partition coefficient (Wildman–Crippen LogP) is 3.85. The molecule has 0 unspecified atom stereocenters. The molecule has 1 aromatic carbocycles. The van der Waals surface area contributed by atoms with Crippen LogP contribution in [0.4, 0.5) is 0 Å². The first-order chi connectivity index (χ1) is 5.91. The van der Waals surface area contributed by atoms with Crippen molar-refractivity contribution in [2.45, 2.75) is 9.90 Å². The summed E-state index contributed by atoms with van der Waals surface area (Å²) in [5.74, 6) is 0. The first-order valence-corrected chi connectivity index (χ1v) is 5.34. The highest BCUT2D eigenvalue weighted by molar-refractivity contribution is 9.10. The zero-order chi connectivity index (χ0) is 10.1. The minimum Gasteiger partial charge on any atom is -0.384 e. The highest BCUT2D eigenvalue weighted by atomic mass is 79.9. The van der Waals surface area contributed by atoms with Crippen LogP contribution in [0.1, 0.15) is 11.7 Å². The first-order valence-electron chi connectivity index (χ1n) is 3.41. The van der Waals surface area contributed by atoms with Gasteiger partial charge in [0.1, 0.15) is 6.10 Å². The molecule has 1 atom stereocenters. The lowest BCUT2D eigenvalue weighted by molar-refractivity contribution is 0.182. The van der Waals surface area contributed by atoms with Crippen molar-refractivity contribution >= 4 is 50.7 Å². The van der Waals surface area contributed by atoms with Crippen LogP contribution in [-0.2, 0) is 0 Å². The second-order valence-corrected chi connectivity index (χ2v) is 5.78. The zero-order valence-electron chi connectivity index (χ0n) is 6.35. The molecule has 1 aromatic rings. The topological polar surface area (TPSA) is 20.2 Å². The molecule has 0 heterocycles.